The minimum atomic E-state index is -0.546. The standard InChI is InChI=1S/C21H19ClN2O3/c1-3-11-27-19-10-9-15(13-20(19)26-4-2)12-16(14-23)21(25)24-18-8-6-5-7-17(18)22/h3,5-10,12-13H,1,4,11H2,2H3,(H,24,25)/b16-12+. The molecule has 1 amide bonds. The van der Waals surface area contributed by atoms with Crippen molar-refractivity contribution in [2.75, 3.05) is 18.5 Å². The van der Waals surface area contributed by atoms with Crippen LogP contribution in [0.4, 0.5) is 5.69 Å². The molecule has 0 fully saturated rings. The van der Waals surface area contributed by atoms with E-state index in [2.05, 4.69) is 11.9 Å². The third kappa shape index (κ3) is 5.63. The molecule has 0 unspecified atom stereocenters. The summed E-state index contributed by atoms with van der Waals surface area (Å²) < 4.78 is 11.1. The second kappa shape index (κ2) is 10.0. The van der Waals surface area contributed by atoms with E-state index in [1.165, 1.54) is 6.08 Å². The number of carbonyl (C=O) groups excluding carboxylic acids is 1. The number of carbonyl (C=O) groups is 1. The van der Waals surface area contributed by atoms with Crippen molar-refractivity contribution >= 4 is 29.3 Å². The largest absolute Gasteiger partial charge is 0.490 e. The summed E-state index contributed by atoms with van der Waals surface area (Å²) in [7, 11) is 0. The van der Waals surface area contributed by atoms with Crippen LogP contribution in [0.3, 0.4) is 0 Å². The van der Waals surface area contributed by atoms with E-state index in [0.29, 0.717) is 41.0 Å². The number of amides is 1. The number of hydrogen-bond acceptors (Lipinski definition) is 4. The zero-order chi connectivity index (χ0) is 19.6. The van der Waals surface area contributed by atoms with Crippen LogP contribution in [0.5, 0.6) is 11.5 Å². The van der Waals surface area contributed by atoms with Gasteiger partial charge in [0.15, 0.2) is 11.5 Å². The molecule has 2 rings (SSSR count). The minimum absolute atomic E-state index is 0.0582. The maximum absolute atomic E-state index is 12.4. The van der Waals surface area contributed by atoms with E-state index in [0.717, 1.165) is 0 Å². The van der Waals surface area contributed by atoms with E-state index >= 15 is 0 Å². The highest BCUT2D eigenvalue weighted by Crippen LogP contribution is 2.29. The Morgan fingerprint density at radius 1 is 1.26 bits per heavy atom. The van der Waals surface area contributed by atoms with Crippen molar-refractivity contribution in [2.45, 2.75) is 6.92 Å². The van der Waals surface area contributed by atoms with Crippen molar-refractivity contribution in [2.24, 2.45) is 0 Å². The van der Waals surface area contributed by atoms with Gasteiger partial charge in [-0.3, -0.25) is 4.79 Å². The molecule has 2 aromatic carbocycles. The fourth-order valence-electron chi connectivity index (χ4n) is 2.22. The van der Waals surface area contributed by atoms with Crippen LogP contribution in [-0.4, -0.2) is 19.1 Å². The van der Waals surface area contributed by atoms with Crippen LogP contribution in [-0.2, 0) is 4.79 Å². The van der Waals surface area contributed by atoms with Gasteiger partial charge in [0, 0.05) is 0 Å². The summed E-state index contributed by atoms with van der Waals surface area (Å²) in [5.74, 6) is 0.542. The Morgan fingerprint density at radius 2 is 2.04 bits per heavy atom. The number of nitrogens with zero attached hydrogens (tertiary/aromatic N) is 1. The first-order valence-electron chi connectivity index (χ1n) is 8.27. The lowest BCUT2D eigenvalue weighted by molar-refractivity contribution is -0.112. The highest BCUT2D eigenvalue weighted by atomic mass is 35.5. The Labute approximate surface area is 163 Å². The first-order valence-corrected chi connectivity index (χ1v) is 8.65. The number of rotatable bonds is 8. The van der Waals surface area contributed by atoms with Gasteiger partial charge in [-0.15, -0.1) is 0 Å². The molecule has 0 saturated heterocycles. The van der Waals surface area contributed by atoms with Crippen LogP contribution in [0.25, 0.3) is 6.08 Å². The lowest BCUT2D eigenvalue weighted by atomic mass is 10.1. The van der Waals surface area contributed by atoms with E-state index in [-0.39, 0.29) is 5.57 Å². The Bertz CT molecular complexity index is 901. The molecule has 0 aliphatic heterocycles. The predicted octanol–water partition coefficient (Wildman–Crippen LogP) is 4.85. The monoisotopic (exact) mass is 382 g/mol. The van der Waals surface area contributed by atoms with E-state index in [9.17, 15) is 10.1 Å². The van der Waals surface area contributed by atoms with Gasteiger partial charge in [-0.25, -0.2) is 0 Å². The fourth-order valence-corrected chi connectivity index (χ4v) is 2.40. The molecule has 0 aromatic heterocycles. The zero-order valence-corrected chi connectivity index (χ0v) is 15.6. The van der Waals surface area contributed by atoms with E-state index < -0.39 is 5.91 Å². The lowest BCUT2D eigenvalue weighted by Crippen LogP contribution is -2.13. The zero-order valence-electron chi connectivity index (χ0n) is 14.9. The first kappa shape index (κ1) is 20.1. The average Bonchev–Trinajstić information content (AvgIpc) is 2.67. The van der Waals surface area contributed by atoms with Gasteiger partial charge in [-0.1, -0.05) is 42.5 Å². The molecular formula is C21H19ClN2O3. The van der Waals surface area contributed by atoms with Gasteiger partial charge in [0.2, 0.25) is 0 Å². The van der Waals surface area contributed by atoms with Gasteiger partial charge >= 0.3 is 0 Å². The lowest BCUT2D eigenvalue weighted by Gasteiger charge is -2.11. The predicted molar refractivity (Wildman–Crippen MR) is 107 cm³/mol. The van der Waals surface area contributed by atoms with Crippen molar-refractivity contribution in [1.82, 2.24) is 0 Å². The molecule has 0 aliphatic carbocycles. The van der Waals surface area contributed by atoms with Gasteiger partial charge in [-0.2, -0.15) is 5.26 Å². The molecule has 0 heterocycles. The summed E-state index contributed by atoms with van der Waals surface area (Å²) in [4.78, 5) is 12.4. The molecule has 27 heavy (non-hydrogen) atoms. The van der Waals surface area contributed by atoms with Crippen molar-refractivity contribution in [3.8, 4) is 17.6 Å². The van der Waals surface area contributed by atoms with E-state index in [4.69, 9.17) is 21.1 Å². The van der Waals surface area contributed by atoms with Crippen molar-refractivity contribution in [3.05, 3.63) is 71.3 Å². The molecule has 0 aliphatic rings. The summed E-state index contributed by atoms with van der Waals surface area (Å²) in [5, 5.41) is 12.4. The van der Waals surface area contributed by atoms with Gasteiger partial charge in [0.25, 0.3) is 5.91 Å². The Morgan fingerprint density at radius 3 is 2.70 bits per heavy atom. The maximum atomic E-state index is 12.4. The molecule has 0 radical (unpaired) electrons. The number of anilines is 1. The Kier molecular flexibility index (Phi) is 7.48. The maximum Gasteiger partial charge on any atom is 0.266 e. The molecule has 0 spiro atoms. The summed E-state index contributed by atoms with van der Waals surface area (Å²) in [6.45, 7) is 6.27. The molecule has 2 aromatic rings. The van der Waals surface area contributed by atoms with Gasteiger partial charge < -0.3 is 14.8 Å². The number of nitriles is 1. The molecule has 5 nitrogen and oxygen atoms in total. The SMILES string of the molecule is C=CCOc1ccc(/C=C(\C#N)C(=O)Nc2ccccc2Cl)cc1OCC. The van der Waals surface area contributed by atoms with Gasteiger partial charge in [0.1, 0.15) is 18.2 Å². The average molecular weight is 383 g/mol. The molecule has 0 bridgehead atoms. The molecule has 0 atom stereocenters. The Hall–Kier alpha value is -3.23. The van der Waals surface area contributed by atoms with E-state index in [1.807, 2.05) is 13.0 Å². The quantitative estimate of drug-likeness (QED) is 0.402. The first-order chi connectivity index (χ1) is 13.1. The van der Waals surface area contributed by atoms with Gasteiger partial charge in [0.05, 0.1) is 17.3 Å². The van der Waals surface area contributed by atoms with Crippen molar-refractivity contribution < 1.29 is 14.3 Å². The fraction of sp³-hybridized carbons (Fsp3) is 0.143. The van der Waals surface area contributed by atoms with E-state index in [1.54, 1.807) is 48.5 Å². The number of para-hydroxylation sites is 1. The Balaban J connectivity index is 2.27. The highest BCUT2D eigenvalue weighted by Gasteiger charge is 2.12. The normalized spacial score (nSPS) is 10.6. The van der Waals surface area contributed by atoms with Crippen LogP contribution in [0.1, 0.15) is 12.5 Å². The smallest absolute Gasteiger partial charge is 0.266 e. The molecule has 1 N–H and O–H groups in total. The van der Waals surface area contributed by atoms with Crippen molar-refractivity contribution in [1.29, 1.82) is 5.26 Å². The van der Waals surface area contributed by atoms with Crippen LogP contribution >= 0.6 is 11.6 Å². The third-order valence-electron chi connectivity index (χ3n) is 3.42. The van der Waals surface area contributed by atoms with Crippen LogP contribution in [0.15, 0.2) is 60.7 Å². The molecule has 138 valence electrons. The molecular weight excluding hydrogens is 364 g/mol. The molecule has 0 saturated carbocycles. The van der Waals surface area contributed by atoms with Crippen LogP contribution in [0.2, 0.25) is 5.02 Å². The second-order valence-electron chi connectivity index (χ2n) is 5.34. The second-order valence-corrected chi connectivity index (χ2v) is 5.75. The van der Waals surface area contributed by atoms with Crippen LogP contribution in [0, 0.1) is 11.3 Å². The van der Waals surface area contributed by atoms with Crippen LogP contribution < -0.4 is 14.8 Å². The topological polar surface area (TPSA) is 71.3 Å². The number of nitrogens with one attached hydrogen (secondary N) is 1. The molecule has 6 heteroatoms. The minimum Gasteiger partial charge on any atom is -0.490 e. The van der Waals surface area contributed by atoms with Gasteiger partial charge in [-0.05, 0) is 42.8 Å². The number of hydrogen-bond donors (Lipinski definition) is 1. The summed E-state index contributed by atoms with van der Waals surface area (Å²) in [6, 6.07) is 13.9. The van der Waals surface area contributed by atoms with Crippen molar-refractivity contribution in [3.63, 3.8) is 0 Å². The number of halogens is 1. The summed E-state index contributed by atoms with van der Waals surface area (Å²) in [6.07, 6.45) is 3.11. The number of ether oxygens (including phenoxy) is 2. The summed E-state index contributed by atoms with van der Waals surface area (Å²) in [5.41, 5.74) is 1.01. The summed E-state index contributed by atoms with van der Waals surface area (Å²) >= 11 is 6.04. The number of benzene rings is 2. The third-order valence-corrected chi connectivity index (χ3v) is 3.75. The highest BCUT2D eigenvalue weighted by molar-refractivity contribution is 6.34.